The predicted octanol–water partition coefficient (Wildman–Crippen LogP) is 5.22. The number of ether oxygens (including phenoxy) is 1. The number of hydrogen-bond acceptors (Lipinski definition) is 8. The third kappa shape index (κ3) is 6.47. The van der Waals surface area contributed by atoms with Gasteiger partial charge in [0.1, 0.15) is 24.0 Å². The summed E-state index contributed by atoms with van der Waals surface area (Å²) in [5.74, 6) is 3.50. The van der Waals surface area contributed by atoms with Gasteiger partial charge in [-0.3, -0.25) is 5.10 Å². The van der Waals surface area contributed by atoms with Gasteiger partial charge in [-0.25, -0.2) is 4.98 Å². The summed E-state index contributed by atoms with van der Waals surface area (Å²) in [5, 5.41) is 17.7. The van der Waals surface area contributed by atoms with Crippen molar-refractivity contribution in [2.24, 2.45) is 0 Å². The molecule has 0 unspecified atom stereocenters. The van der Waals surface area contributed by atoms with Crippen LogP contribution in [-0.4, -0.2) is 25.3 Å². The van der Waals surface area contributed by atoms with Crippen molar-refractivity contribution in [3.8, 4) is 5.75 Å². The topological polar surface area (TPSA) is 114 Å². The standard InChI is InChI=1S/C27H27N7O2/c1-19-14-24(36-34-19)17-29-27-28-13-12-25(31-27)30-26-16-22(32-33-26)11-10-20-8-5-9-23(15-20)35-18-21-6-3-2-4-7-21/h2-9,12-16H,10-11,17-18H2,1H3,(H3,28,29,30,31,32,33). The maximum absolute atomic E-state index is 5.95. The predicted molar refractivity (Wildman–Crippen MR) is 137 cm³/mol. The molecule has 9 heteroatoms. The number of aromatic nitrogens is 5. The number of H-pyrrole nitrogens is 1. The summed E-state index contributed by atoms with van der Waals surface area (Å²) < 4.78 is 11.2. The maximum atomic E-state index is 5.95. The van der Waals surface area contributed by atoms with Crippen molar-refractivity contribution in [1.29, 1.82) is 0 Å². The molecule has 0 saturated heterocycles. The minimum absolute atomic E-state index is 0.455. The number of rotatable bonds is 11. The van der Waals surface area contributed by atoms with Crippen LogP contribution in [0.5, 0.6) is 5.75 Å². The molecule has 182 valence electrons. The van der Waals surface area contributed by atoms with Gasteiger partial charge in [-0.2, -0.15) is 10.1 Å². The summed E-state index contributed by atoms with van der Waals surface area (Å²) in [4.78, 5) is 8.73. The van der Waals surface area contributed by atoms with Crippen LogP contribution in [-0.2, 0) is 26.0 Å². The van der Waals surface area contributed by atoms with E-state index in [0.717, 1.165) is 47.1 Å². The highest BCUT2D eigenvalue weighted by Gasteiger charge is 2.07. The summed E-state index contributed by atoms with van der Waals surface area (Å²) in [7, 11) is 0. The quantitative estimate of drug-likeness (QED) is 0.235. The van der Waals surface area contributed by atoms with E-state index in [-0.39, 0.29) is 0 Å². The molecule has 5 rings (SSSR count). The summed E-state index contributed by atoms with van der Waals surface area (Å²) >= 11 is 0. The Labute approximate surface area is 208 Å². The van der Waals surface area contributed by atoms with E-state index in [1.807, 2.05) is 49.4 Å². The Balaban J connectivity index is 1.12. The lowest BCUT2D eigenvalue weighted by Crippen LogP contribution is -2.04. The van der Waals surface area contributed by atoms with Gasteiger partial charge in [-0.1, -0.05) is 47.6 Å². The molecule has 0 saturated carbocycles. The van der Waals surface area contributed by atoms with Crippen LogP contribution < -0.4 is 15.4 Å². The Morgan fingerprint density at radius 1 is 0.944 bits per heavy atom. The fourth-order valence-corrected chi connectivity index (χ4v) is 3.68. The molecule has 0 bridgehead atoms. The molecule has 9 nitrogen and oxygen atoms in total. The van der Waals surface area contributed by atoms with E-state index in [9.17, 15) is 0 Å². The van der Waals surface area contributed by atoms with Crippen molar-refractivity contribution >= 4 is 17.6 Å². The van der Waals surface area contributed by atoms with Gasteiger partial charge in [0.2, 0.25) is 5.95 Å². The molecular weight excluding hydrogens is 454 g/mol. The van der Waals surface area contributed by atoms with Crippen LogP contribution in [0.1, 0.15) is 28.3 Å². The average molecular weight is 482 g/mol. The number of nitrogens with zero attached hydrogens (tertiary/aromatic N) is 4. The zero-order valence-corrected chi connectivity index (χ0v) is 19.9. The maximum Gasteiger partial charge on any atom is 0.224 e. The summed E-state index contributed by atoms with van der Waals surface area (Å²) in [6, 6.07) is 24.0. The van der Waals surface area contributed by atoms with E-state index < -0.39 is 0 Å². The van der Waals surface area contributed by atoms with E-state index in [4.69, 9.17) is 9.26 Å². The van der Waals surface area contributed by atoms with Crippen molar-refractivity contribution in [1.82, 2.24) is 25.3 Å². The van der Waals surface area contributed by atoms with Crippen LogP contribution >= 0.6 is 0 Å². The van der Waals surface area contributed by atoms with E-state index in [2.05, 4.69) is 60.2 Å². The van der Waals surface area contributed by atoms with Crippen LogP contribution in [0.25, 0.3) is 0 Å². The highest BCUT2D eigenvalue weighted by atomic mass is 16.5. The van der Waals surface area contributed by atoms with Crippen LogP contribution in [0, 0.1) is 6.92 Å². The SMILES string of the molecule is Cc1cc(CNc2nccc(Nc3cc(CCc4cccc(OCc5ccccc5)c4)n[nH]3)n2)on1. The Kier molecular flexibility index (Phi) is 7.17. The number of nitrogens with one attached hydrogen (secondary N) is 3. The number of hydrogen-bond donors (Lipinski definition) is 3. The van der Waals surface area contributed by atoms with Crippen LogP contribution in [0.2, 0.25) is 0 Å². The van der Waals surface area contributed by atoms with Crippen molar-refractivity contribution in [3.63, 3.8) is 0 Å². The Morgan fingerprint density at radius 3 is 2.69 bits per heavy atom. The van der Waals surface area contributed by atoms with Crippen molar-refractivity contribution in [2.75, 3.05) is 10.6 Å². The van der Waals surface area contributed by atoms with E-state index >= 15 is 0 Å². The van der Waals surface area contributed by atoms with E-state index in [0.29, 0.717) is 24.9 Å². The first kappa shape index (κ1) is 23.1. The summed E-state index contributed by atoms with van der Waals surface area (Å²) in [5.41, 5.74) is 4.14. The molecule has 3 heterocycles. The van der Waals surface area contributed by atoms with Crippen molar-refractivity contribution in [3.05, 3.63) is 107 Å². The third-order valence-electron chi connectivity index (χ3n) is 5.46. The lowest BCUT2D eigenvalue weighted by Gasteiger charge is -2.08. The second kappa shape index (κ2) is 11.2. The largest absolute Gasteiger partial charge is 0.489 e. The molecule has 2 aromatic carbocycles. The number of aromatic amines is 1. The number of aryl methyl sites for hydroxylation is 3. The highest BCUT2D eigenvalue weighted by molar-refractivity contribution is 5.53. The van der Waals surface area contributed by atoms with Crippen LogP contribution in [0.3, 0.4) is 0 Å². The second-order valence-corrected chi connectivity index (χ2v) is 8.37. The Hall–Kier alpha value is -4.66. The molecule has 0 aliphatic heterocycles. The van der Waals surface area contributed by atoms with Crippen LogP contribution in [0.15, 0.2) is 83.5 Å². The lowest BCUT2D eigenvalue weighted by atomic mass is 10.1. The van der Waals surface area contributed by atoms with Crippen molar-refractivity contribution < 1.29 is 9.26 Å². The normalized spacial score (nSPS) is 10.8. The fraction of sp³-hybridized carbons (Fsp3) is 0.185. The third-order valence-corrected chi connectivity index (χ3v) is 5.46. The number of benzene rings is 2. The molecular formula is C27H27N7O2. The Morgan fingerprint density at radius 2 is 1.83 bits per heavy atom. The van der Waals surface area contributed by atoms with Gasteiger partial charge in [0.15, 0.2) is 5.76 Å². The second-order valence-electron chi connectivity index (χ2n) is 8.37. The van der Waals surface area contributed by atoms with E-state index in [1.165, 1.54) is 5.56 Å². The molecule has 5 aromatic rings. The first-order chi connectivity index (χ1) is 17.7. The van der Waals surface area contributed by atoms with Gasteiger partial charge in [0, 0.05) is 18.3 Å². The molecule has 0 atom stereocenters. The van der Waals surface area contributed by atoms with Gasteiger partial charge in [-0.15, -0.1) is 0 Å². The van der Waals surface area contributed by atoms with Gasteiger partial charge in [-0.05, 0) is 49.1 Å². The van der Waals surface area contributed by atoms with E-state index in [1.54, 1.807) is 12.3 Å². The first-order valence-electron chi connectivity index (χ1n) is 11.8. The first-order valence-corrected chi connectivity index (χ1v) is 11.8. The van der Waals surface area contributed by atoms with Crippen molar-refractivity contribution in [2.45, 2.75) is 32.9 Å². The Bertz CT molecular complexity index is 1400. The van der Waals surface area contributed by atoms with Gasteiger partial charge in [0.05, 0.1) is 17.9 Å². The minimum atomic E-state index is 0.455. The summed E-state index contributed by atoms with van der Waals surface area (Å²) in [6.07, 6.45) is 3.34. The minimum Gasteiger partial charge on any atom is -0.489 e. The zero-order valence-electron chi connectivity index (χ0n) is 19.9. The molecule has 0 amide bonds. The van der Waals surface area contributed by atoms with Gasteiger partial charge < -0.3 is 19.9 Å². The molecule has 0 aliphatic rings. The molecule has 0 fully saturated rings. The smallest absolute Gasteiger partial charge is 0.224 e. The molecule has 0 radical (unpaired) electrons. The lowest BCUT2D eigenvalue weighted by molar-refractivity contribution is 0.306. The summed E-state index contributed by atoms with van der Waals surface area (Å²) in [6.45, 7) is 2.89. The average Bonchev–Trinajstić information content (AvgIpc) is 3.54. The monoisotopic (exact) mass is 481 g/mol. The molecule has 3 N–H and O–H groups in total. The number of anilines is 3. The highest BCUT2D eigenvalue weighted by Crippen LogP contribution is 2.19. The van der Waals surface area contributed by atoms with Gasteiger partial charge in [0.25, 0.3) is 0 Å². The van der Waals surface area contributed by atoms with Crippen LogP contribution in [0.4, 0.5) is 17.6 Å². The molecule has 0 aliphatic carbocycles. The molecule has 36 heavy (non-hydrogen) atoms. The molecule has 0 spiro atoms. The molecule has 3 aromatic heterocycles. The zero-order chi connectivity index (χ0) is 24.6. The van der Waals surface area contributed by atoms with Gasteiger partial charge >= 0.3 is 0 Å². The fourth-order valence-electron chi connectivity index (χ4n) is 3.68.